The molecular weight excluding hydrogens is 821 g/mol. The monoisotopic (exact) mass is 847 g/mol. The molecule has 0 radical (unpaired) electrons. The van der Waals surface area contributed by atoms with Crippen molar-refractivity contribution in [3.8, 4) is 17.2 Å². The number of hydrogen-bond acceptors (Lipinski definition) is 19. The van der Waals surface area contributed by atoms with Crippen LogP contribution in [0.4, 0.5) is 0 Å². The predicted molar refractivity (Wildman–Crippen MR) is 200 cm³/mol. The van der Waals surface area contributed by atoms with Crippen LogP contribution in [0.5, 0.6) is 17.2 Å². The number of phenolic OH excluding ortho intramolecular Hbond substituents is 1. The summed E-state index contributed by atoms with van der Waals surface area (Å²) in [6.45, 7) is 0.595. The fraction of sp³-hybridized carbons (Fsp3) is 0.276. The smallest absolute Gasteiger partial charge is 0.347 e. The van der Waals surface area contributed by atoms with E-state index in [-0.39, 0.29) is 41.9 Å². The van der Waals surface area contributed by atoms with E-state index in [9.17, 15) is 49.8 Å². The molecule has 1 saturated heterocycles. The standard InChI is InChI=1S/C29H27N3O15P2S4/c1-2-21(46-31(39)40)15-20(34)13-18-3-12-26(27(14-18)45-28(35)16-23(47-32(41)42)17-43-30(37)38)29(36)44-22-6-10-25(11-7-22)49(51)52-48(50,53-49)24-8-4-19(33)5-9-24/h3-12,14,21,23,33H,2,13,15-17H2,1H3. The number of benzene rings is 3. The van der Waals surface area contributed by atoms with Crippen molar-refractivity contribution in [2.75, 3.05) is 6.61 Å². The molecule has 18 nitrogen and oxygen atoms in total. The molecular formula is C29H27N3O15P2S4. The van der Waals surface area contributed by atoms with Crippen molar-refractivity contribution in [1.29, 1.82) is 0 Å². The second-order valence-electron chi connectivity index (χ2n) is 10.8. The number of carbonyl (C=O) groups is 3. The summed E-state index contributed by atoms with van der Waals surface area (Å²) >= 11 is 15.0. The first-order chi connectivity index (χ1) is 25.0. The summed E-state index contributed by atoms with van der Waals surface area (Å²) in [7, 11) is 0. The van der Waals surface area contributed by atoms with Gasteiger partial charge in [-0.3, -0.25) is 9.59 Å². The maximum Gasteiger partial charge on any atom is 0.347 e. The molecule has 1 aliphatic rings. The van der Waals surface area contributed by atoms with Crippen LogP contribution in [0.25, 0.3) is 0 Å². The molecule has 2 atom stereocenters. The summed E-state index contributed by atoms with van der Waals surface area (Å²) in [4.78, 5) is 84.0. The van der Waals surface area contributed by atoms with Gasteiger partial charge in [0, 0.05) is 23.5 Å². The highest BCUT2D eigenvalue weighted by Gasteiger charge is 2.46. The number of hydrogen-bond donors (Lipinski definition) is 1. The van der Waals surface area contributed by atoms with Gasteiger partial charge in [-0.15, -0.1) is 30.3 Å². The Balaban J connectivity index is 1.51. The van der Waals surface area contributed by atoms with E-state index in [0.717, 1.165) is 16.7 Å². The third-order valence-corrected chi connectivity index (χ3v) is 38.2. The Kier molecular flexibility index (Phi) is 14.2. The van der Waals surface area contributed by atoms with Crippen LogP contribution in [0.15, 0.2) is 66.7 Å². The lowest BCUT2D eigenvalue weighted by Gasteiger charge is -2.40. The van der Waals surface area contributed by atoms with Crippen LogP contribution in [0.2, 0.25) is 0 Å². The van der Waals surface area contributed by atoms with E-state index in [1.807, 2.05) is 0 Å². The summed E-state index contributed by atoms with van der Waals surface area (Å²) < 4.78 is 6.63. The minimum absolute atomic E-state index is 0.0955. The molecule has 1 heterocycles. The summed E-state index contributed by atoms with van der Waals surface area (Å²) in [6, 6.07) is 16.9. The molecule has 0 aromatic heterocycles. The van der Waals surface area contributed by atoms with Gasteiger partial charge in [-0.2, -0.15) is 0 Å². The summed E-state index contributed by atoms with van der Waals surface area (Å²) in [5, 5.41) is 40.0. The van der Waals surface area contributed by atoms with Gasteiger partial charge in [-0.1, -0.05) is 58.6 Å². The molecule has 4 rings (SSSR count). The highest BCUT2D eigenvalue weighted by molar-refractivity contribution is 9.48. The van der Waals surface area contributed by atoms with Gasteiger partial charge in [-0.05, 0) is 72.6 Å². The summed E-state index contributed by atoms with van der Waals surface area (Å²) in [5.41, 5.74) is -0.0884. The largest absolute Gasteiger partial charge is 0.508 e. The van der Waals surface area contributed by atoms with Gasteiger partial charge >= 0.3 is 11.9 Å². The van der Waals surface area contributed by atoms with Crippen molar-refractivity contribution >= 4 is 82.8 Å². The van der Waals surface area contributed by atoms with E-state index in [1.54, 1.807) is 65.3 Å². The molecule has 0 spiro atoms. The number of Topliss-reactive ketones (excluding diaryl/α,β-unsaturated/α-hetero) is 1. The molecule has 2 unspecified atom stereocenters. The normalized spacial score (nSPS) is 18.7. The van der Waals surface area contributed by atoms with Gasteiger partial charge in [-0.25, -0.2) is 4.79 Å². The minimum Gasteiger partial charge on any atom is -0.508 e. The van der Waals surface area contributed by atoms with Crippen LogP contribution in [-0.2, 0) is 54.1 Å². The number of carbonyl (C=O) groups excluding carboxylic acids is 3. The number of rotatable bonds is 19. The first kappa shape index (κ1) is 41.4. The number of aromatic hydroxyl groups is 1. The molecule has 24 heteroatoms. The van der Waals surface area contributed by atoms with Crippen LogP contribution in [0.3, 0.4) is 0 Å². The Morgan fingerprint density at radius 1 is 0.792 bits per heavy atom. The van der Waals surface area contributed by atoms with Gasteiger partial charge in [0.2, 0.25) is 0 Å². The summed E-state index contributed by atoms with van der Waals surface area (Å²) in [6.07, 6.45) is -4.16. The third kappa shape index (κ3) is 11.8. The summed E-state index contributed by atoms with van der Waals surface area (Å²) in [5.74, 6) is -2.91. The Hall–Kier alpha value is -4.33. The quantitative estimate of drug-likeness (QED) is 0.0533. The van der Waals surface area contributed by atoms with Crippen LogP contribution in [0, 0.1) is 30.3 Å². The molecule has 53 heavy (non-hydrogen) atoms. The lowest BCUT2D eigenvalue weighted by Crippen LogP contribution is -2.29. The minimum atomic E-state index is -2.16. The van der Waals surface area contributed by atoms with E-state index < -0.39 is 72.8 Å². The molecule has 282 valence electrons. The Morgan fingerprint density at radius 3 is 1.91 bits per heavy atom. The molecule has 0 amide bonds. The Labute approximate surface area is 317 Å². The second-order valence-corrected chi connectivity index (χ2v) is 32.1. The first-order valence-electron chi connectivity index (χ1n) is 15.0. The number of ether oxygens (including phenoxy) is 2. The van der Waals surface area contributed by atoms with Gasteiger partial charge in [0.1, 0.15) is 47.4 Å². The van der Waals surface area contributed by atoms with Gasteiger partial charge in [0.15, 0.2) is 0 Å². The van der Waals surface area contributed by atoms with Gasteiger partial charge in [0.05, 0.1) is 15.3 Å². The highest BCUT2D eigenvalue weighted by atomic mass is 33.7. The highest BCUT2D eigenvalue weighted by Crippen LogP contribution is 3.04. The van der Waals surface area contributed by atoms with E-state index >= 15 is 0 Å². The maximum atomic E-state index is 13.4. The zero-order chi connectivity index (χ0) is 38.9. The number of ketones is 1. The average molecular weight is 848 g/mol. The van der Waals surface area contributed by atoms with Crippen LogP contribution < -0.4 is 20.1 Å². The van der Waals surface area contributed by atoms with Gasteiger partial charge < -0.3 is 29.1 Å². The van der Waals surface area contributed by atoms with Crippen LogP contribution >= 0.6 is 30.9 Å². The molecule has 3 aromatic rings. The molecule has 3 aromatic carbocycles. The molecule has 0 saturated carbocycles. The van der Waals surface area contributed by atoms with E-state index in [1.165, 1.54) is 24.3 Å². The third-order valence-electron chi connectivity index (χ3n) is 6.99. The van der Waals surface area contributed by atoms with Gasteiger partial charge in [0.25, 0.3) is 15.3 Å². The zero-order valence-electron chi connectivity index (χ0n) is 27.1. The van der Waals surface area contributed by atoms with Crippen molar-refractivity contribution in [2.45, 2.75) is 44.8 Å². The lowest BCUT2D eigenvalue weighted by atomic mass is 10.0. The van der Waals surface area contributed by atoms with Crippen molar-refractivity contribution in [3.63, 3.8) is 0 Å². The SMILES string of the molecule is CCC(CC(=O)Cc1ccc(C(=O)Oc2ccc(P3(=S)SP(=S)(c4ccc(O)cc4)S3)cc2)c(OC(=O)CC(CO[N+](=O)[O-])O[N+](=O)[O-])c1)O[N+](=O)[O-]. The van der Waals surface area contributed by atoms with Crippen molar-refractivity contribution < 1.29 is 58.7 Å². The second kappa shape index (κ2) is 18.1. The number of phenols is 1. The van der Waals surface area contributed by atoms with E-state index in [2.05, 4.69) is 14.5 Å². The fourth-order valence-electron chi connectivity index (χ4n) is 4.58. The Morgan fingerprint density at radius 2 is 1.36 bits per heavy atom. The topological polar surface area (TPSA) is 247 Å². The van der Waals surface area contributed by atoms with E-state index in [4.69, 9.17) is 33.1 Å². The zero-order valence-corrected chi connectivity index (χ0v) is 32.1. The molecule has 1 aliphatic heterocycles. The van der Waals surface area contributed by atoms with E-state index in [0.29, 0.717) is 0 Å². The number of esters is 2. The van der Waals surface area contributed by atoms with Crippen molar-refractivity contribution in [3.05, 3.63) is 108 Å². The van der Waals surface area contributed by atoms with Crippen LogP contribution in [0.1, 0.15) is 42.1 Å². The maximum absolute atomic E-state index is 13.4. The molecule has 0 aliphatic carbocycles. The first-order valence-corrected chi connectivity index (χ1v) is 24.6. The van der Waals surface area contributed by atoms with Crippen molar-refractivity contribution in [2.24, 2.45) is 0 Å². The molecule has 1 fully saturated rings. The number of nitrogens with zero attached hydrogens (tertiary/aromatic N) is 3. The predicted octanol–water partition coefficient (Wildman–Crippen LogP) is 5.23. The average Bonchev–Trinajstić information content (AvgIpc) is 3.06. The fourth-order valence-corrected chi connectivity index (χ4v) is 46.9. The Bertz CT molecular complexity index is 1990. The van der Waals surface area contributed by atoms with Crippen molar-refractivity contribution in [1.82, 2.24) is 0 Å². The molecule has 1 N–H and O–H groups in total. The van der Waals surface area contributed by atoms with Crippen LogP contribution in [-0.4, -0.2) is 56.9 Å². The molecule has 0 bridgehead atoms. The lowest BCUT2D eigenvalue weighted by molar-refractivity contribution is -0.789.